The zero-order valence-electron chi connectivity index (χ0n) is 11.8. The Morgan fingerprint density at radius 2 is 1.53 bits per heavy atom. The van der Waals surface area contributed by atoms with Gasteiger partial charge in [-0.2, -0.15) is 0 Å². The number of rotatable bonds is 3. The Morgan fingerprint density at radius 1 is 1.12 bits per heavy atom. The average Bonchev–Trinajstić information content (AvgIpc) is 2.09. The van der Waals surface area contributed by atoms with Gasteiger partial charge in [-0.15, -0.1) is 0 Å². The van der Waals surface area contributed by atoms with Crippen LogP contribution < -0.4 is 0 Å². The summed E-state index contributed by atoms with van der Waals surface area (Å²) in [6, 6.07) is -0.650. The van der Waals surface area contributed by atoms with E-state index in [4.69, 9.17) is 0 Å². The van der Waals surface area contributed by atoms with Gasteiger partial charge in [0.2, 0.25) is 5.91 Å². The first kappa shape index (κ1) is 15.7. The van der Waals surface area contributed by atoms with Crippen LogP contribution in [-0.4, -0.2) is 52.6 Å². The summed E-state index contributed by atoms with van der Waals surface area (Å²) in [4.78, 5) is 26.1. The van der Waals surface area contributed by atoms with Crippen LogP contribution in [0.1, 0.15) is 34.6 Å². The van der Waals surface area contributed by atoms with Gasteiger partial charge in [0.15, 0.2) is 0 Å². The summed E-state index contributed by atoms with van der Waals surface area (Å²) in [6.45, 7) is 9.08. The van der Waals surface area contributed by atoms with E-state index in [2.05, 4.69) is 0 Å². The van der Waals surface area contributed by atoms with Crippen LogP contribution >= 0.6 is 0 Å². The third-order valence-electron chi connectivity index (χ3n) is 2.53. The summed E-state index contributed by atoms with van der Waals surface area (Å²) in [5.41, 5.74) is -0.605. The van der Waals surface area contributed by atoms with Gasteiger partial charge in [-0.25, -0.2) is 4.79 Å². The van der Waals surface area contributed by atoms with E-state index in [9.17, 15) is 14.7 Å². The predicted octanol–water partition coefficient (Wildman–Crippen LogP) is 1.88. The van der Waals surface area contributed by atoms with Crippen molar-refractivity contribution in [2.45, 2.75) is 46.2 Å². The van der Waals surface area contributed by atoms with Crippen molar-refractivity contribution in [3.05, 3.63) is 0 Å². The van der Waals surface area contributed by atoms with Crippen molar-refractivity contribution >= 4 is 12.0 Å². The third kappa shape index (κ3) is 3.91. The van der Waals surface area contributed by atoms with Crippen molar-refractivity contribution in [1.82, 2.24) is 9.80 Å². The molecule has 0 aromatic rings. The maximum absolute atomic E-state index is 12.1. The van der Waals surface area contributed by atoms with Crippen molar-refractivity contribution in [3.63, 3.8) is 0 Å². The van der Waals surface area contributed by atoms with Gasteiger partial charge in [0.25, 0.3) is 0 Å². The van der Waals surface area contributed by atoms with Crippen LogP contribution in [0.5, 0.6) is 0 Å². The maximum Gasteiger partial charge on any atom is 0.408 e. The summed E-state index contributed by atoms with van der Waals surface area (Å²) in [7, 11) is 3.28. The number of amides is 2. The van der Waals surface area contributed by atoms with Gasteiger partial charge in [0.1, 0.15) is 6.04 Å². The summed E-state index contributed by atoms with van der Waals surface area (Å²) >= 11 is 0. The van der Waals surface area contributed by atoms with E-state index < -0.39 is 17.7 Å². The first-order valence-corrected chi connectivity index (χ1v) is 5.73. The summed E-state index contributed by atoms with van der Waals surface area (Å²) in [6.07, 6.45) is -1.06. The highest BCUT2D eigenvalue weighted by Crippen LogP contribution is 2.23. The highest BCUT2D eigenvalue weighted by atomic mass is 16.4. The van der Waals surface area contributed by atoms with Gasteiger partial charge in [-0.1, -0.05) is 13.8 Å². The quantitative estimate of drug-likeness (QED) is 0.824. The Morgan fingerprint density at radius 3 is 1.71 bits per heavy atom. The van der Waals surface area contributed by atoms with Crippen LogP contribution in [0, 0.1) is 5.92 Å². The first-order valence-electron chi connectivity index (χ1n) is 5.73. The molecule has 1 N–H and O–H groups in total. The van der Waals surface area contributed by atoms with E-state index in [0.29, 0.717) is 0 Å². The Kier molecular flexibility index (Phi) is 4.98. The van der Waals surface area contributed by atoms with Gasteiger partial charge >= 0.3 is 6.09 Å². The standard InChI is InChI=1S/C12H24N2O3/c1-8(2)9(10(15)13(6)7)14(11(16)17)12(3,4)5/h8-9H,1-7H3,(H,16,17). The van der Waals surface area contributed by atoms with E-state index >= 15 is 0 Å². The molecule has 5 nitrogen and oxygen atoms in total. The molecule has 0 aliphatic heterocycles. The Balaban J connectivity index is 5.42. The van der Waals surface area contributed by atoms with E-state index in [-0.39, 0.29) is 11.8 Å². The number of carboxylic acid groups (broad SMARTS) is 1. The number of hydrogen-bond acceptors (Lipinski definition) is 2. The molecule has 0 fully saturated rings. The lowest BCUT2D eigenvalue weighted by molar-refractivity contribution is -0.137. The van der Waals surface area contributed by atoms with Crippen molar-refractivity contribution in [3.8, 4) is 0 Å². The van der Waals surface area contributed by atoms with Gasteiger partial charge < -0.3 is 10.0 Å². The fourth-order valence-corrected chi connectivity index (χ4v) is 1.78. The Bertz CT molecular complexity index is 293. The molecule has 0 saturated carbocycles. The number of nitrogens with zero attached hydrogens (tertiary/aromatic N) is 2. The third-order valence-corrected chi connectivity index (χ3v) is 2.53. The minimum atomic E-state index is -1.06. The minimum Gasteiger partial charge on any atom is -0.465 e. The molecule has 2 amide bonds. The minimum absolute atomic E-state index is 0.0692. The van der Waals surface area contributed by atoms with Crippen LogP contribution in [0.15, 0.2) is 0 Å². The van der Waals surface area contributed by atoms with Crippen molar-refractivity contribution in [2.75, 3.05) is 14.1 Å². The monoisotopic (exact) mass is 244 g/mol. The van der Waals surface area contributed by atoms with E-state index in [1.165, 1.54) is 9.80 Å². The summed E-state index contributed by atoms with van der Waals surface area (Å²) in [5, 5.41) is 9.31. The molecule has 5 heteroatoms. The number of carbonyl (C=O) groups is 2. The lowest BCUT2D eigenvalue weighted by Gasteiger charge is -2.41. The van der Waals surface area contributed by atoms with E-state index in [1.807, 2.05) is 13.8 Å². The van der Waals surface area contributed by atoms with Crippen molar-refractivity contribution in [1.29, 1.82) is 0 Å². The molecule has 0 aromatic carbocycles. The van der Waals surface area contributed by atoms with Crippen LogP contribution in [-0.2, 0) is 4.79 Å². The number of hydrogen-bond donors (Lipinski definition) is 1. The normalized spacial score (nSPS) is 13.4. The molecule has 0 aliphatic rings. The molecule has 100 valence electrons. The fourth-order valence-electron chi connectivity index (χ4n) is 1.78. The topological polar surface area (TPSA) is 60.9 Å². The zero-order valence-corrected chi connectivity index (χ0v) is 11.8. The second kappa shape index (κ2) is 5.38. The van der Waals surface area contributed by atoms with E-state index in [1.54, 1.807) is 34.9 Å². The number of carbonyl (C=O) groups excluding carboxylic acids is 1. The highest BCUT2D eigenvalue weighted by Gasteiger charge is 2.39. The maximum atomic E-state index is 12.1. The number of likely N-dealkylation sites (N-methyl/N-ethyl adjacent to an activating group) is 1. The summed E-state index contributed by atoms with van der Waals surface area (Å²) < 4.78 is 0. The molecule has 0 aromatic heterocycles. The van der Waals surface area contributed by atoms with Crippen molar-refractivity contribution < 1.29 is 14.7 Å². The fraction of sp³-hybridized carbons (Fsp3) is 0.833. The molecule has 0 heterocycles. The zero-order chi connectivity index (χ0) is 14.0. The largest absolute Gasteiger partial charge is 0.465 e. The van der Waals surface area contributed by atoms with Crippen molar-refractivity contribution in [2.24, 2.45) is 5.92 Å². The van der Waals surface area contributed by atoms with Gasteiger partial charge in [-0.3, -0.25) is 9.69 Å². The molecule has 0 bridgehead atoms. The molecule has 0 radical (unpaired) electrons. The average molecular weight is 244 g/mol. The first-order chi connectivity index (χ1) is 7.50. The molecule has 0 saturated heterocycles. The molecule has 1 atom stereocenters. The molecular weight excluding hydrogens is 220 g/mol. The lowest BCUT2D eigenvalue weighted by atomic mass is 9.95. The highest BCUT2D eigenvalue weighted by molar-refractivity contribution is 5.85. The second-order valence-electron chi connectivity index (χ2n) is 5.74. The lowest BCUT2D eigenvalue weighted by Crippen LogP contribution is -2.58. The smallest absolute Gasteiger partial charge is 0.408 e. The SMILES string of the molecule is CC(C)C(C(=O)N(C)C)N(C(=O)O)C(C)(C)C. The second-order valence-corrected chi connectivity index (χ2v) is 5.74. The van der Waals surface area contributed by atoms with Crippen LogP contribution in [0.2, 0.25) is 0 Å². The molecule has 0 spiro atoms. The summed E-state index contributed by atoms with van der Waals surface area (Å²) in [5.74, 6) is -0.252. The molecule has 0 rings (SSSR count). The van der Waals surface area contributed by atoms with Crippen LogP contribution in [0.25, 0.3) is 0 Å². The van der Waals surface area contributed by atoms with Gasteiger partial charge in [-0.05, 0) is 26.7 Å². The Labute approximate surface area is 103 Å². The molecule has 1 unspecified atom stereocenters. The molecule has 17 heavy (non-hydrogen) atoms. The van der Waals surface area contributed by atoms with Gasteiger partial charge in [0, 0.05) is 19.6 Å². The van der Waals surface area contributed by atoms with E-state index in [0.717, 1.165) is 0 Å². The molecule has 0 aliphatic carbocycles. The van der Waals surface area contributed by atoms with Crippen LogP contribution in [0.4, 0.5) is 4.79 Å². The Hall–Kier alpha value is -1.26. The predicted molar refractivity (Wildman–Crippen MR) is 66.9 cm³/mol. The molecular formula is C12H24N2O3. The van der Waals surface area contributed by atoms with Gasteiger partial charge in [0.05, 0.1) is 0 Å². The van der Waals surface area contributed by atoms with Crippen LogP contribution in [0.3, 0.4) is 0 Å².